The molecule has 0 radical (unpaired) electrons. The number of carbonyl (C=O) groups excluding carboxylic acids is 1. The van der Waals surface area contributed by atoms with Gasteiger partial charge in [0.15, 0.2) is 0 Å². The molecular formula is C9H17N5O. The highest BCUT2D eigenvalue weighted by atomic mass is 16.2. The number of aromatic nitrogens is 3. The molecular weight excluding hydrogens is 194 g/mol. The minimum absolute atomic E-state index is 0.0888. The molecule has 1 aromatic rings. The summed E-state index contributed by atoms with van der Waals surface area (Å²) in [5.74, 6) is 0.0888. The third-order valence-electron chi connectivity index (χ3n) is 2.04. The molecule has 0 fully saturated rings. The zero-order chi connectivity index (χ0) is 11.3. The largest absolute Gasteiger partial charge is 0.349 e. The van der Waals surface area contributed by atoms with E-state index in [0.717, 1.165) is 12.1 Å². The van der Waals surface area contributed by atoms with Gasteiger partial charge in [0.05, 0.1) is 12.2 Å². The van der Waals surface area contributed by atoms with Crippen LogP contribution >= 0.6 is 0 Å². The predicted molar refractivity (Wildman–Crippen MR) is 56.1 cm³/mol. The van der Waals surface area contributed by atoms with Gasteiger partial charge in [-0.05, 0) is 6.54 Å². The summed E-state index contributed by atoms with van der Waals surface area (Å²) in [5, 5.41) is 7.84. The van der Waals surface area contributed by atoms with Gasteiger partial charge < -0.3 is 10.6 Å². The molecule has 1 aromatic heterocycles. The first-order valence-corrected chi connectivity index (χ1v) is 4.92. The summed E-state index contributed by atoms with van der Waals surface area (Å²) in [6, 6.07) is 0. The third kappa shape index (κ3) is 3.67. The number of aryl methyl sites for hydroxylation is 1. The molecule has 0 aliphatic rings. The fraction of sp³-hybridized carbons (Fsp3) is 0.667. The second-order valence-electron chi connectivity index (χ2n) is 3.55. The van der Waals surface area contributed by atoms with Crippen molar-refractivity contribution in [2.45, 2.75) is 19.4 Å². The quantitative estimate of drug-likeness (QED) is 0.695. The Morgan fingerprint density at radius 1 is 1.60 bits per heavy atom. The smallest absolute Gasteiger partial charge is 0.223 e. The monoisotopic (exact) mass is 211 g/mol. The molecule has 1 heterocycles. The molecule has 0 aliphatic heterocycles. The van der Waals surface area contributed by atoms with Gasteiger partial charge in [-0.1, -0.05) is 5.21 Å². The predicted octanol–water partition coefficient (Wildman–Crippen LogP) is -0.742. The normalized spacial score (nSPS) is 10.3. The highest BCUT2D eigenvalue weighted by Gasteiger charge is 2.05. The number of nitrogens with zero attached hydrogens (tertiary/aromatic N) is 4. The number of rotatable bonds is 5. The molecule has 0 atom stereocenters. The minimum atomic E-state index is 0.0888. The van der Waals surface area contributed by atoms with Gasteiger partial charge in [0, 0.05) is 33.1 Å². The van der Waals surface area contributed by atoms with Crippen LogP contribution in [0.25, 0.3) is 0 Å². The van der Waals surface area contributed by atoms with Gasteiger partial charge in [-0.25, -0.2) is 0 Å². The summed E-state index contributed by atoms with van der Waals surface area (Å²) < 4.78 is 1.67. The van der Waals surface area contributed by atoms with Crippen molar-refractivity contribution in [3.05, 3.63) is 11.9 Å². The van der Waals surface area contributed by atoms with Crippen molar-refractivity contribution in [2.75, 3.05) is 20.6 Å². The maximum atomic E-state index is 11.3. The van der Waals surface area contributed by atoms with Crippen LogP contribution in [0.1, 0.15) is 12.1 Å². The van der Waals surface area contributed by atoms with Gasteiger partial charge in [0.25, 0.3) is 0 Å². The molecule has 0 spiro atoms. The van der Waals surface area contributed by atoms with Crippen molar-refractivity contribution in [2.24, 2.45) is 5.73 Å². The lowest BCUT2D eigenvalue weighted by atomic mass is 10.3. The van der Waals surface area contributed by atoms with Crippen LogP contribution < -0.4 is 5.73 Å². The van der Waals surface area contributed by atoms with Crippen LogP contribution in [0, 0.1) is 0 Å². The van der Waals surface area contributed by atoms with Gasteiger partial charge in [-0.3, -0.25) is 9.48 Å². The van der Waals surface area contributed by atoms with Gasteiger partial charge >= 0.3 is 0 Å². The fourth-order valence-electron chi connectivity index (χ4n) is 1.14. The Morgan fingerprint density at radius 3 is 2.93 bits per heavy atom. The second-order valence-corrected chi connectivity index (χ2v) is 3.55. The van der Waals surface area contributed by atoms with E-state index in [-0.39, 0.29) is 5.91 Å². The van der Waals surface area contributed by atoms with Crippen molar-refractivity contribution in [3.8, 4) is 0 Å². The molecule has 6 nitrogen and oxygen atoms in total. The zero-order valence-electron chi connectivity index (χ0n) is 9.18. The third-order valence-corrected chi connectivity index (χ3v) is 2.04. The topological polar surface area (TPSA) is 77.0 Å². The van der Waals surface area contributed by atoms with E-state index in [2.05, 4.69) is 10.3 Å². The number of carbonyl (C=O) groups is 1. The first kappa shape index (κ1) is 11.6. The molecule has 0 unspecified atom stereocenters. The Bertz CT molecular complexity index is 320. The van der Waals surface area contributed by atoms with Crippen LogP contribution in [0.5, 0.6) is 0 Å². The summed E-state index contributed by atoms with van der Waals surface area (Å²) in [6.45, 7) is 1.13. The summed E-state index contributed by atoms with van der Waals surface area (Å²) in [7, 11) is 3.48. The van der Waals surface area contributed by atoms with E-state index < -0.39 is 0 Å². The lowest BCUT2D eigenvalue weighted by Gasteiger charge is -2.09. The van der Waals surface area contributed by atoms with E-state index in [1.165, 1.54) is 0 Å². The molecule has 6 heteroatoms. The van der Waals surface area contributed by atoms with E-state index in [4.69, 9.17) is 5.73 Å². The molecule has 0 aromatic carbocycles. The molecule has 1 amide bonds. The molecule has 0 saturated heterocycles. The lowest BCUT2D eigenvalue weighted by molar-refractivity contribution is -0.128. The van der Waals surface area contributed by atoms with Crippen molar-refractivity contribution in [1.82, 2.24) is 19.9 Å². The van der Waals surface area contributed by atoms with Crippen LogP contribution in [0.3, 0.4) is 0 Å². The number of hydrogen-bond donors (Lipinski definition) is 1. The average Bonchev–Trinajstić information content (AvgIpc) is 2.62. The fourth-order valence-corrected chi connectivity index (χ4v) is 1.14. The van der Waals surface area contributed by atoms with E-state index in [9.17, 15) is 4.79 Å². The maximum absolute atomic E-state index is 11.3. The first-order valence-electron chi connectivity index (χ1n) is 4.92. The van der Waals surface area contributed by atoms with Crippen LogP contribution in [0.4, 0.5) is 0 Å². The van der Waals surface area contributed by atoms with Gasteiger partial charge in [0.1, 0.15) is 0 Å². The highest BCUT2D eigenvalue weighted by Crippen LogP contribution is 1.96. The molecule has 0 bridgehead atoms. The van der Waals surface area contributed by atoms with Crippen LogP contribution in [-0.2, 0) is 17.8 Å². The zero-order valence-corrected chi connectivity index (χ0v) is 9.18. The summed E-state index contributed by atoms with van der Waals surface area (Å²) >= 11 is 0. The summed E-state index contributed by atoms with van der Waals surface area (Å²) in [5.41, 5.74) is 6.26. The SMILES string of the molecule is CN(C)C(=O)CCn1cc(CCN)nn1. The van der Waals surface area contributed by atoms with E-state index in [1.807, 2.05) is 6.20 Å². The Kier molecular flexibility index (Phi) is 4.23. The van der Waals surface area contributed by atoms with Crippen molar-refractivity contribution in [3.63, 3.8) is 0 Å². The van der Waals surface area contributed by atoms with Gasteiger partial charge in [-0.2, -0.15) is 0 Å². The molecule has 84 valence electrons. The Hall–Kier alpha value is -1.43. The van der Waals surface area contributed by atoms with Crippen molar-refractivity contribution >= 4 is 5.91 Å². The number of nitrogens with two attached hydrogens (primary N) is 1. The van der Waals surface area contributed by atoms with Crippen LogP contribution in [0.15, 0.2) is 6.20 Å². The lowest BCUT2D eigenvalue weighted by Crippen LogP contribution is -2.23. The first-order chi connectivity index (χ1) is 7.13. The average molecular weight is 211 g/mol. The van der Waals surface area contributed by atoms with E-state index in [1.54, 1.807) is 23.7 Å². The number of amides is 1. The standard InChI is InChI=1S/C9H17N5O/c1-13(2)9(15)4-6-14-7-8(3-5-10)11-12-14/h7H,3-6,10H2,1-2H3. The Morgan fingerprint density at radius 2 is 2.33 bits per heavy atom. The molecule has 0 saturated carbocycles. The van der Waals surface area contributed by atoms with Crippen LogP contribution in [-0.4, -0.2) is 46.4 Å². The summed E-state index contributed by atoms with van der Waals surface area (Å²) in [6.07, 6.45) is 3.00. The van der Waals surface area contributed by atoms with Crippen molar-refractivity contribution < 1.29 is 4.79 Å². The maximum Gasteiger partial charge on any atom is 0.223 e. The summed E-state index contributed by atoms with van der Waals surface area (Å²) in [4.78, 5) is 12.9. The Labute approximate surface area is 89.0 Å². The molecule has 2 N–H and O–H groups in total. The minimum Gasteiger partial charge on any atom is -0.349 e. The van der Waals surface area contributed by atoms with E-state index in [0.29, 0.717) is 19.5 Å². The highest BCUT2D eigenvalue weighted by molar-refractivity contribution is 5.75. The van der Waals surface area contributed by atoms with E-state index >= 15 is 0 Å². The molecule has 15 heavy (non-hydrogen) atoms. The molecule has 1 rings (SSSR count). The van der Waals surface area contributed by atoms with Crippen LogP contribution in [0.2, 0.25) is 0 Å². The molecule has 0 aliphatic carbocycles. The van der Waals surface area contributed by atoms with Gasteiger partial charge in [0.2, 0.25) is 5.91 Å². The number of hydrogen-bond acceptors (Lipinski definition) is 4. The Balaban J connectivity index is 2.40. The van der Waals surface area contributed by atoms with Crippen molar-refractivity contribution in [1.29, 1.82) is 0 Å². The second kappa shape index (κ2) is 5.45. The van der Waals surface area contributed by atoms with Gasteiger partial charge in [-0.15, -0.1) is 5.10 Å².